The molecule has 132 valence electrons. The lowest BCUT2D eigenvalue weighted by Crippen LogP contribution is -2.30. The van der Waals surface area contributed by atoms with Gasteiger partial charge < -0.3 is 4.42 Å². The second-order valence-corrected chi connectivity index (χ2v) is 7.04. The summed E-state index contributed by atoms with van der Waals surface area (Å²) in [5.41, 5.74) is 4.90. The summed E-state index contributed by atoms with van der Waals surface area (Å²) in [5.74, 6) is 0. The van der Waals surface area contributed by atoms with E-state index in [4.69, 9.17) is 13.5 Å². The molecular weight excluding hydrogens is 332 g/mol. The van der Waals surface area contributed by atoms with Gasteiger partial charge in [-0.15, -0.1) is 0 Å². The Morgan fingerprint density at radius 1 is 0.963 bits per heavy atom. The van der Waals surface area contributed by atoms with E-state index in [0.717, 1.165) is 38.7 Å². The van der Waals surface area contributed by atoms with Crippen LogP contribution in [-0.4, -0.2) is 4.98 Å². The van der Waals surface area contributed by atoms with Gasteiger partial charge in [-0.25, -0.2) is 9.55 Å². The molecule has 0 fully saturated rings. The summed E-state index contributed by atoms with van der Waals surface area (Å²) in [6.07, 6.45) is 1.97. The lowest BCUT2D eigenvalue weighted by molar-refractivity contribution is -0.660. The average molecular weight is 356 g/mol. The van der Waals surface area contributed by atoms with Gasteiger partial charge in [-0.2, -0.15) is 0 Å². The van der Waals surface area contributed by atoms with Gasteiger partial charge in [0.25, 0.3) is 0 Å². The summed E-state index contributed by atoms with van der Waals surface area (Å²) in [6.45, 7) is 1.60. The van der Waals surface area contributed by atoms with E-state index < -0.39 is 6.85 Å². The third-order valence-corrected chi connectivity index (χ3v) is 5.31. The summed E-state index contributed by atoms with van der Waals surface area (Å²) < 4.78 is 32.9. The van der Waals surface area contributed by atoms with E-state index in [9.17, 15) is 0 Å². The average Bonchev–Trinajstić information content (AvgIpc) is 3.06. The second-order valence-electron chi connectivity index (χ2n) is 7.04. The predicted octanol–water partition coefficient (Wildman–Crippen LogP) is 5.55. The van der Waals surface area contributed by atoms with Crippen molar-refractivity contribution in [2.75, 3.05) is 0 Å². The Hall–Kier alpha value is -3.20. The first kappa shape index (κ1) is 13.0. The lowest BCUT2D eigenvalue weighted by Gasteiger charge is -2.08. The van der Waals surface area contributed by atoms with E-state index >= 15 is 0 Å². The molecule has 0 saturated heterocycles. The highest BCUT2D eigenvalue weighted by molar-refractivity contribution is 6.21. The molecule has 3 heterocycles. The number of benzene rings is 2. The standard InChI is InChI=1S/C24H21N2O/c1-14-13-15(2)21-22-18-10-6-5-9-17(18)16(3)25-24(22)27-23(21)20(14)19-11-7-8-12-26(19)4/h5-13H,1-4H3/q+1/i2D3. The molecule has 3 heteroatoms. The molecule has 0 bridgehead atoms. The maximum Gasteiger partial charge on any atom is 0.228 e. The third-order valence-electron chi connectivity index (χ3n) is 5.31. The summed E-state index contributed by atoms with van der Waals surface area (Å²) >= 11 is 0. The van der Waals surface area contributed by atoms with Gasteiger partial charge in [-0.3, -0.25) is 0 Å². The van der Waals surface area contributed by atoms with Crippen LogP contribution in [0.4, 0.5) is 0 Å². The number of aromatic nitrogens is 2. The summed E-state index contributed by atoms with van der Waals surface area (Å²) in [5, 5.41) is 3.34. The monoisotopic (exact) mass is 356 g/mol. The zero-order valence-corrected chi connectivity index (χ0v) is 15.5. The quantitative estimate of drug-likeness (QED) is 0.369. The van der Waals surface area contributed by atoms with E-state index in [1.54, 1.807) is 6.07 Å². The van der Waals surface area contributed by atoms with Gasteiger partial charge in [0.05, 0.1) is 10.9 Å². The van der Waals surface area contributed by atoms with Gasteiger partial charge in [0.2, 0.25) is 11.4 Å². The molecule has 0 unspecified atom stereocenters. The van der Waals surface area contributed by atoms with Crippen molar-refractivity contribution in [1.82, 2.24) is 4.98 Å². The molecule has 0 N–H and O–H groups in total. The maximum absolute atomic E-state index is 8.20. The normalized spacial score (nSPS) is 13.8. The van der Waals surface area contributed by atoms with Gasteiger partial charge in [-0.05, 0) is 43.3 Å². The number of furan rings is 1. The largest absolute Gasteiger partial charge is 0.437 e. The topological polar surface area (TPSA) is 29.9 Å². The van der Waals surface area contributed by atoms with Crippen LogP contribution in [0.5, 0.6) is 0 Å². The number of aryl methyl sites for hydroxylation is 4. The minimum absolute atomic E-state index is 0.298. The van der Waals surface area contributed by atoms with E-state index in [1.807, 2.05) is 74.1 Å². The van der Waals surface area contributed by atoms with Gasteiger partial charge in [-0.1, -0.05) is 30.3 Å². The van der Waals surface area contributed by atoms with Crippen molar-refractivity contribution in [3.8, 4) is 11.3 Å². The Morgan fingerprint density at radius 3 is 2.52 bits per heavy atom. The van der Waals surface area contributed by atoms with Crippen molar-refractivity contribution in [3.63, 3.8) is 0 Å². The fourth-order valence-electron chi connectivity index (χ4n) is 4.05. The number of hydrogen-bond donors (Lipinski definition) is 0. The highest BCUT2D eigenvalue weighted by Gasteiger charge is 2.23. The van der Waals surface area contributed by atoms with Crippen LogP contribution in [0.1, 0.15) is 20.9 Å². The molecule has 27 heavy (non-hydrogen) atoms. The maximum atomic E-state index is 8.20. The van der Waals surface area contributed by atoms with Crippen LogP contribution in [-0.2, 0) is 7.05 Å². The van der Waals surface area contributed by atoms with E-state index in [-0.39, 0.29) is 0 Å². The number of nitrogens with zero attached hydrogens (tertiary/aromatic N) is 2. The van der Waals surface area contributed by atoms with E-state index in [0.29, 0.717) is 22.2 Å². The fraction of sp³-hybridized carbons (Fsp3) is 0.167. The van der Waals surface area contributed by atoms with E-state index in [1.165, 1.54) is 0 Å². The van der Waals surface area contributed by atoms with Gasteiger partial charge in [0.15, 0.2) is 11.8 Å². The molecule has 0 amide bonds. The second kappa shape index (κ2) is 5.65. The van der Waals surface area contributed by atoms with Gasteiger partial charge in [0.1, 0.15) is 7.05 Å². The van der Waals surface area contributed by atoms with Crippen molar-refractivity contribution in [2.24, 2.45) is 7.05 Å². The molecule has 3 aromatic heterocycles. The van der Waals surface area contributed by atoms with Crippen LogP contribution < -0.4 is 4.57 Å². The molecule has 0 aliphatic carbocycles. The molecule has 0 radical (unpaired) electrons. The van der Waals surface area contributed by atoms with Crippen molar-refractivity contribution < 1.29 is 13.1 Å². The Kier molecular flexibility index (Phi) is 2.73. The number of fused-ring (bicyclic) bond motifs is 5. The first-order valence-electron chi connectivity index (χ1n) is 10.5. The molecule has 0 aliphatic rings. The van der Waals surface area contributed by atoms with Crippen molar-refractivity contribution >= 4 is 32.8 Å². The first-order valence-corrected chi connectivity index (χ1v) is 8.98. The van der Waals surface area contributed by atoms with Crippen LogP contribution in [0.15, 0.2) is 59.1 Å². The van der Waals surface area contributed by atoms with Crippen molar-refractivity contribution in [3.05, 3.63) is 71.5 Å². The molecule has 2 aromatic carbocycles. The highest BCUT2D eigenvalue weighted by Crippen LogP contribution is 2.41. The Morgan fingerprint density at radius 2 is 1.74 bits per heavy atom. The van der Waals surface area contributed by atoms with E-state index in [2.05, 4.69) is 0 Å². The zero-order valence-electron chi connectivity index (χ0n) is 18.5. The van der Waals surface area contributed by atoms with Crippen molar-refractivity contribution in [2.45, 2.75) is 20.7 Å². The smallest absolute Gasteiger partial charge is 0.228 e. The minimum atomic E-state index is -2.27. The molecule has 5 aromatic rings. The van der Waals surface area contributed by atoms with Gasteiger partial charge in [0, 0.05) is 32.7 Å². The summed E-state index contributed by atoms with van der Waals surface area (Å²) in [7, 11) is 1.97. The fourth-order valence-corrected chi connectivity index (χ4v) is 4.05. The van der Waals surface area contributed by atoms with Crippen molar-refractivity contribution in [1.29, 1.82) is 0 Å². The SMILES string of the molecule is [2H]C([2H])([2H])c1cc(C)c(-c2cccc[n+]2C)c2oc3nc(C)c4ccccc4c3c12. The highest BCUT2D eigenvalue weighted by atomic mass is 16.3. The molecule has 0 spiro atoms. The van der Waals surface area contributed by atoms with Crippen LogP contribution in [0.25, 0.3) is 44.1 Å². The van der Waals surface area contributed by atoms with Crippen LogP contribution >= 0.6 is 0 Å². The molecule has 3 nitrogen and oxygen atoms in total. The molecule has 5 rings (SSSR count). The minimum Gasteiger partial charge on any atom is -0.437 e. The van der Waals surface area contributed by atoms with Crippen LogP contribution in [0.3, 0.4) is 0 Å². The number of rotatable bonds is 1. The van der Waals surface area contributed by atoms with Gasteiger partial charge >= 0.3 is 0 Å². The first-order chi connectivity index (χ1) is 14.3. The van der Waals surface area contributed by atoms with Crippen LogP contribution in [0.2, 0.25) is 0 Å². The molecule has 0 atom stereocenters. The Labute approximate surface area is 162 Å². The lowest BCUT2D eigenvalue weighted by atomic mass is 9.95. The Balaban J connectivity index is 2.08. The third kappa shape index (κ3) is 2.21. The summed E-state index contributed by atoms with van der Waals surface area (Å²) in [4.78, 5) is 4.69. The molecule has 0 saturated carbocycles. The zero-order chi connectivity index (χ0) is 21.2. The van der Waals surface area contributed by atoms with Crippen LogP contribution in [0, 0.1) is 20.7 Å². The molecular formula is C24H21N2O+. The summed E-state index contributed by atoms with van der Waals surface area (Å²) in [6, 6.07) is 15.7. The Bertz CT molecular complexity index is 1470. The predicted molar refractivity (Wildman–Crippen MR) is 110 cm³/mol. The number of hydrogen-bond acceptors (Lipinski definition) is 2. The number of pyridine rings is 2. The molecule has 0 aliphatic heterocycles.